The topological polar surface area (TPSA) is 78.4 Å². The smallest absolute Gasteiger partial charge is 0.305 e. The highest BCUT2D eigenvalue weighted by Crippen LogP contribution is 2.31. The van der Waals surface area contributed by atoms with Gasteiger partial charge in [0, 0.05) is 18.3 Å². The van der Waals surface area contributed by atoms with Gasteiger partial charge in [0.1, 0.15) is 0 Å². The summed E-state index contributed by atoms with van der Waals surface area (Å²) in [5, 5.41) is 15.1. The van der Waals surface area contributed by atoms with Crippen LogP contribution in [0.4, 0.5) is 5.69 Å². The van der Waals surface area contributed by atoms with Crippen LogP contribution in [-0.2, 0) is 9.59 Å². The van der Waals surface area contributed by atoms with Crippen molar-refractivity contribution >= 4 is 17.6 Å². The lowest BCUT2D eigenvalue weighted by Gasteiger charge is -2.28. The molecule has 0 spiro atoms. The second kappa shape index (κ2) is 6.61. The Balaban J connectivity index is 2.11. The van der Waals surface area contributed by atoms with Gasteiger partial charge in [0.15, 0.2) is 0 Å². The number of nitrogens with one attached hydrogen (secondary N) is 2. The lowest BCUT2D eigenvalue weighted by Crippen LogP contribution is -2.43. The molecule has 0 radical (unpaired) electrons. The van der Waals surface area contributed by atoms with Crippen LogP contribution in [0.25, 0.3) is 0 Å². The molecule has 0 aliphatic carbocycles. The Morgan fingerprint density at radius 2 is 2.10 bits per heavy atom. The summed E-state index contributed by atoms with van der Waals surface area (Å²) in [5.74, 6) is -1.09. The van der Waals surface area contributed by atoms with E-state index in [0.29, 0.717) is 0 Å². The fourth-order valence-electron chi connectivity index (χ4n) is 2.67. The SMILES string of the molecule is CC(C)C(CC(=O)O)NC(=O)C1CCNc2ccccc21. The Bertz CT molecular complexity index is 528. The molecule has 2 atom stereocenters. The van der Waals surface area contributed by atoms with Crippen molar-refractivity contribution in [3.63, 3.8) is 0 Å². The van der Waals surface area contributed by atoms with Crippen molar-refractivity contribution in [3.05, 3.63) is 29.8 Å². The van der Waals surface area contributed by atoms with Gasteiger partial charge in [-0.3, -0.25) is 9.59 Å². The zero-order valence-electron chi connectivity index (χ0n) is 12.4. The van der Waals surface area contributed by atoms with Gasteiger partial charge in [0.25, 0.3) is 0 Å². The molecule has 2 rings (SSSR count). The minimum Gasteiger partial charge on any atom is -0.481 e. The number of carboxylic acid groups (broad SMARTS) is 1. The van der Waals surface area contributed by atoms with Gasteiger partial charge in [-0.05, 0) is 24.0 Å². The van der Waals surface area contributed by atoms with E-state index in [0.717, 1.165) is 24.2 Å². The van der Waals surface area contributed by atoms with Gasteiger partial charge in [-0.2, -0.15) is 0 Å². The van der Waals surface area contributed by atoms with E-state index in [2.05, 4.69) is 10.6 Å². The van der Waals surface area contributed by atoms with Crippen LogP contribution in [0.2, 0.25) is 0 Å². The van der Waals surface area contributed by atoms with Gasteiger partial charge >= 0.3 is 5.97 Å². The molecule has 1 heterocycles. The van der Waals surface area contributed by atoms with Crippen molar-refractivity contribution in [2.24, 2.45) is 5.92 Å². The number of para-hydroxylation sites is 1. The maximum atomic E-state index is 12.5. The van der Waals surface area contributed by atoms with E-state index in [1.165, 1.54) is 0 Å². The number of amides is 1. The van der Waals surface area contributed by atoms with Gasteiger partial charge in [-0.15, -0.1) is 0 Å². The van der Waals surface area contributed by atoms with E-state index in [4.69, 9.17) is 5.11 Å². The summed E-state index contributed by atoms with van der Waals surface area (Å²) >= 11 is 0. The third kappa shape index (κ3) is 3.74. The van der Waals surface area contributed by atoms with E-state index in [-0.39, 0.29) is 30.2 Å². The second-order valence-electron chi connectivity index (χ2n) is 5.81. The predicted molar refractivity (Wildman–Crippen MR) is 81.3 cm³/mol. The normalized spacial score (nSPS) is 18.5. The van der Waals surface area contributed by atoms with E-state index in [1.54, 1.807) is 0 Å². The molecule has 0 saturated heterocycles. The molecular formula is C16H22N2O3. The Morgan fingerprint density at radius 1 is 1.38 bits per heavy atom. The van der Waals surface area contributed by atoms with Crippen molar-refractivity contribution < 1.29 is 14.7 Å². The predicted octanol–water partition coefficient (Wildman–Crippen LogP) is 2.20. The highest BCUT2D eigenvalue weighted by molar-refractivity contribution is 5.87. The zero-order chi connectivity index (χ0) is 15.4. The highest BCUT2D eigenvalue weighted by atomic mass is 16.4. The summed E-state index contributed by atoms with van der Waals surface area (Å²) in [6, 6.07) is 7.44. The van der Waals surface area contributed by atoms with Crippen LogP contribution in [0.5, 0.6) is 0 Å². The molecule has 0 bridgehead atoms. The molecule has 2 unspecified atom stereocenters. The first-order valence-electron chi connectivity index (χ1n) is 7.34. The number of carbonyl (C=O) groups is 2. The molecule has 1 aliphatic heterocycles. The van der Waals surface area contributed by atoms with Crippen LogP contribution in [0.3, 0.4) is 0 Å². The van der Waals surface area contributed by atoms with Gasteiger partial charge in [0.2, 0.25) is 5.91 Å². The first-order valence-corrected chi connectivity index (χ1v) is 7.34. The summed E-state index contributed by atoms with van der Waals surface area (Å²) in [5.41, 5.74) is 1.97. The lowest BCUT2D eigenvalue weighted by molar-refractivity contribution is -0.138. The molecule has 0 saturated carbocycles. The number of hydrogen-bond acceptors (Lipinski definition) is 3. The molecule has 114 valence electrons. The zero-order valence-corrected chi connectivity index (χ0v) is 12.4. The molecule has 1 aromatic carbocycles. The average molecular weight is 290 g/mol. The fraction of sp³-hybridized carbons (Fsp3) is 0.500. The van der Waals surface area contributed by atoms with Crippen molar-refractivity contribution in [3.8, 4) is 0 Å². The first-order chi connectivity index (χ1) is 9.99. The minimum absolute atomic E-state index is 0.0456. The lowest BCUT2D eigenvalue weighted by atomic mass is 9.89. The molecule has 3 N–H and O–H groups in total. The van der Waals surface area contributed by atoms with Crippen molar-refractivity contribution in [1.82, 2.24) is 5.32 Å². The maximum Gasteiger partial charge on any atom is 0.305 e. The standard InChI is InChI=1S/C16H22N2O3/c1-10(2)14(9-15(19)20)18-16(21)12-7-8-17-13-6-4-3-5-11(12)13/h3-6,10,12,14,17H,7-9H2,1-2H3,(H,18,21)(H,19,20). The van der Waals surface area contributed by atoms with Gasteiger partial charge in [-0.1, -0.05) is 32.0 Å². The molecule has 1 aliphatic rings. The quantitative estimate of drug-likeness (QED) is 0.777. The van der Waals surface area contributed by atoms with E-state index in [1.807, 2.05) is 38.1 Å². The monoisotopic (exact) mass is 290 g/mol. The molecule has 0 aromatic heterocycles. The maximum absolute atomic E-state index is 12.5. The number of aliphatic carboxylic acids is 1. The Labute approximate surface area is 124 Å². The van der Waals surface area contributed by atoms with Crippen LogP contribution >= 0.6 is 0 Å². The van der Waals surface area contributed by atoms with Crippen LogP contribution in [0.15, 0.2) is 24.3 Å². The van der Waals surface area contributed by atoms with E-state index < -0.39 is 5.97 Å². The number of hydrogen-bond donors (Lipinski definition) is 3. The molecular weight excluding hydrogens is 268 g/mol. The summed E-state index contributed by atoms with van der Waals surface area (Å²) in [7, 11) is 0. The third-order valence-electron chi connectivity index (χ3n) is 3.93. The van der Waals surface area contributed by atoms with Gasteiger partial charge < -0.3 is 15.7 Å². The largest absolute Gasteiger partial charge is 0.481 e. The second-order valence-corrected chi connectivity index (χ2v) is 5.81. The van der Waals surface area contributed by atoms with Crippen LogP contribution in [-0.4, -0.2) is 29.6 Å². The van der Waals surface area contributed by atoms with Crippen molar-refractivity contribution in [1.29, 1.82) is 0 Å². The number of benzene rings is 1. The Morgan fingerprint density at radius 3 is 2.76 bits per heavy atom. The number of carbonyl (C=O) groups excluding carboxylic acids is 1. The van der Waals surface area contributed by atoms with Gasteiger partial charge in [-0.25, -0.2) is 0 Å². The molecule has 1 amide bonds. The minimum atomic E-state index is -0.889. The molecule has 0 fully saturated rings. The van der Waals surface area contributed by atoms with Crippen LogP contribution in [0.1, 0.15) is 38.2 Å². The third-order valence-corrected chi connectivity index (χ3v) is 3.93. The summed E-state index contributed by atoms with van der Waals surface area (Å²) in [6.45, 7) is 4.59. The van der Waals surface area contributed by atoms with Crippen molar-refractivity contribution in [2.75, 3.05) is 11.9 Å². The fourth-order valence-corrected chi connectivity index (χ4v) is 2.67. The van der Waals surface area contributed by atoms with Gasteiger partial charge in [0.05, 0.1) is 12.3 Å². The Kier molecular flexibility index (Phi) is 4.83. The average Bonchev–Trinajstić information content (AvgIpc) is 2.45. The number of rotatable bonds is 5. The molecule has 1 aromatic rings. The van der Waals surface area contributed by atoms with E-state index in [9.17, 15) is 9.59 Å². The highest BCUT2D eigenvalue weighted by Gasteiger charge is 2.29. The number of carboxylic acids is 1. The van der Waals surface area contributed by atoms with Crippen LogP contribution < -0.4 is 10.6 Å². The molecule has 5 nitrogen and oxygen atoms in total. The number of fused-ring (bicyclic) bond motifs is 1. The number of anilines is 1. The summed E-state index contributed by atoms with van der Waals surface area (Å²) < 4.78 is 0. The van der Waals surface area contributed by atoms with E-state index >= 15 is 0 Å². The van der Waals surface area contributed by atoms with Crippen molar-refractivity contribution in [2.45, 2.75) is 38.6 Å². The first kappa shape index (κ1) is 15.4. The summed E-state index contributed by atoms with van der Waals surface area (Å²) in [4.78, 5) is 23.4. The molecule has 5 heteroatoms. The Hall–Kier alpha value is -2.04. The molecule has 21 heavy (non-hydrogen) atoms. The van der Waals surface area contributed by atoms with Crippen LogP contribution in [0, 0.1) is 5.92 Å². The summed E-state index contributed by atoms with van der Waals surface area (Å²) in [6.07, 6.45) is 0.677.